The fourth-order valence-electron chi connectivity index (χ4n) is 21.7. The molecule has 8 nitrogen and oxygen atoms in total. The molecule has 8 aliphatic carbocycles. The molecular weight excluding hydrogens is 879 g/mol. The summed E-state index contributed by atoms with van der Waals surface area (Å²) in [5.74, 6) is 5.23. The molecule has 380 valence electrons. The molecule has 3 saturated heterocycles. The molecule has 14 atom stereocenters. The largest absolute Gasteiger partial charge is 0.509 e. The normalized spacial score (nSPS) is 43.6. The van der Waals surface area contributed by atoms with Gasteiger partial charge in [0, 0.05) is 61.2 Å². The highest BCUT2D eigenvalue weighted by Crippen LogP contribution is 2.88. The molecule has 71 heavy (non-hydrogen) atoms. The Labute approximate surface area is 424 Å². The van der Waals surface area contributed by atoms with E-state index >= 15 is 9.59 Å². The molecule has 4 saturated carbocycles. The van der Waals surface area contributed by atoms with E-state index in [0.29, 0.717) is 84.6 Å². The van der Waals surface area contributed by atoms with E-state index in [9.17, 15) is 5.11 Å². The summed E-state index contributed by atoms with van der Waals surface area (Å²) in [6.07, 6.45) is 36.5. The van der Waals surface area contributed by atoms with Crippen LogP contribution in [0.4, 0.5) is 0 Å². The number of piperidine rings is 2. The lowest BCUT2D eigenvalue weighted by Crippen LogP contribution is -2.78. The van der Waals surface area contributed by atoms with Gasteiger partial charge in [0.05, 0.1) is 11.0 Å². The van der Waals surface area contributed by atoms with E-state index in [1.165, 1.54) is 128 Å². The number of nitrogens with zero attached hydrogens (tertiary/aromatic N) is 2. The molecular formula is C63H83N3O5. The molecule has 17 aliphatic rings. The number of aryl methyl sites for hydroxylation is 1. The number of rotatable bonds is 7. The molecule has 0 amide bonds. The Bertz CT molecular complexity index is 2500. The molecule has 14 unspecified atom stereocenters. The van der Waals surface area contributed by atoms with Crippen molar-refractivity contribution in [2.45, 2.75) is 191 Å². The number of carbonyl (C=O) groups excluding carboxylic acids is 2. The van der Waals surface area contributed by atoms with Crippen LogP contribution in [0.2, 0.25) is 0 Å². The second kappa shape index (κ2) is 16.8. The lowest BCUT2D eigenvalue weighted by molar-refractivity contribution is -0.282. The van der Waals surface area contributed by atoms with Crippen LogP contribution in [0.1, 0.15) is 188 Å². The number of aliphatic hydroxyl groups excluding tert-OH is 1. The molecule has 8 heteroatoms. The average molecular weight is 962 g/mol. The number of hydrogen-bond donors (Lipinski definition) is 2. The highest BCUT2D eigenvalue weighted by atomic mass is 16.6. The van der Waals surface area contributed by atoms with E-state index < -0.39 is 16.4 Å². The lowest BCUT2D eigenvalue weighted by Gasteiger charge is -2.73. The van der Waals surface area contributed by atoms with Gasteiger partial charge in [0.25, 0.3) is 0 Å². The summed E-state index contributed by atoms with van der Waals surface area (Å²) in [4.78, 5) is 37.7. The van der Waals surface area contributed by atoms with Gasteiger partial charge in [0.1, 0.15) is 11.2 Å². The number of allylic oxidation sites excluding steroid dienone is 4. The molecule has 1 aromatic rings. The van der Waals surface area contributed by atoms with E-state index in [1.54, 1.807) is 16.8 Å². The third-order valence-corrected chi connectivity index (χ3v) is 24.0. The first-order valence-electron chi connectivity index (χ1n) is 30.2. The van der Waals surface area contributed by atoms with Crippen LogP contribution in [-0.4, -0.2) is 65.1 Å². The maximum Gasteiger partial charge on any atom is 0.339 e. The van der Waals surface area contributed by atoms with Crippen LogP contribution >= 0.6 is 0 Å². The number of nitrogens with two attached hydrogens (primary N) is 1. The van der Waals surface area contributed by atoms with Crippen LogP contribution in [0.15, 0.2) is 64.3 Å². The summed E-state index contributed by atoms with van der Waals surface area (Å²) >= 11 is 0. The molecule has 18 rings (SSSR count). The zero-order valence-electron chi connectivity index (χ0n) is 42.9. The molecule has 3 N–H and O–H groups in total. The van der Waals surface area contributed by atoms with Crippen LogP contribution in [0, 0.1) is 75.9 Å². The van der Waals surface area contributed by atoms with Gasteiger partial charge in [-0.2, -0.15) is 0 Å². The van der Waals surface area contributed by atoms with Crippen LogP contribution in [0.5, 0.6) is 0 Å². The highest BCUT2D eigenvalue weighted by molar-refractivity contribution is 6.00. The number of hydrogen-bond acceptors (Lipinski definition) is 8. The number of fused-ring (bicyclic) bond motifs is 3. The average Bonchev–Trinajstić information content (AvgIpc) is 3.86. The molecule has 1 aromatic carbocycles. The molecule has 0 radical (unpaired) electrons. The Kier molecular flexibility index (Phi) is 10.7. The summed E-state index contributed by atoms with van der Waals surface area (Å²) in [6, 6.07) is 7.20. The lowest BCUT2D eigenvalue weighted by atomic mass is 9.27. The van der Waals surface area contributed by atoms with E-state index in [2.05, 4.69) is 40.2 Å². The summed E-state index contributed by atoms with van der Waals surface area (Å²) in [7, 11) is 0. The molecule has 9 heterocycles. The minimum absolute atomic E-state index is 0.120. The van der Waals surface area contributed by atoms with Gasteiger partial charge in [-0.25, -0.2) is 4.79 Å². The number of ether oxygens (including phenoxy) is 2. The quantitative estimate of drug-likeness (QED) is 0.206. The maximum absolute atomic E-state index is 16.6. The minimum atomic E-state index is -1.13. The number of aliphatic hydroxyl groups is 1. The Balaban J connectivity index is 1.00. The molecule has 0 aromatic heterocycles. The van der Waals surface area contributed by atoms with Gasteiger partial charge in [0.2, 0.25) is 0 Å². The fraction of sp³-hybridized carbons (Fsp3) is 0.746. The SMILES string of the molecule is NCCCc1cccc2c1C(=O)OC21C2CC(C3CCCCC3)C=CC3CC4C5C6=C3C23C(=O)OC(=C(O)CC(CC2CCCCC2)N2CC7CC(C2)C2CCC(=C5N2C7)CC4C2CCCCC2)C31CC6. The Morgan fingerprint density at radius 2 is 1.58 bits per heavy atom. The van der Waals surface area contributed by atoms with E-state index in [0.717, 1.165) is 68.8 Å². The molecule has 9 aliphatic heterocycles. The second-order valence-electron chi connectivity index (χ2n) is 26.8. The third kappa shape index (κ3) is 6.10. The topological polar surface area (TPSA) is 105 Å². The van der Waals surface area contributed by atoms with Gasteiger partial charge < -0.3 is 25.2 Å². The van der Waals surface area contributed by atoms with Crippen molar-refractivity contribution in [3.8, 4) is 0 Å². The number of benzene rings is 1. The summed E-state index contributed by atoms with van der Waals surface area (Å²) < 4.78 is 14.7. The fourth-order valence-corrected chi connectivity index (χ4v) is 21.7. The van der Waals surface area contributed by atoms with Gasteiger partial charge in [-0.1, -0.05) is 125 Å². The summed E-state index contributed by atoms with van der Waals surface area (Å²) in [5.41, 5.74) is 12.1. The first-order chi connectivity index (χ1) is 34.8. The standard InChI is InChI=1S/C63H83N3O5/c64-27-11-19-41-18-10-20-50-54(41)59(68)71-63(50)53-32-42(39-14-6-2-7-15-39)21-22-43-30-49-48(40-16-8-3-9-17-40)31-44-23-24-51-45-28-38-34-65(36-45)46(29-37-12-4-1-5-13-37)33-52(67)58-61(63)26-25-47(55(49)57(44)66(51)35-38)56(43)62(53,61)60(69)70-58/h10,18,20-22,37-40,42-43,45-46,48-49,51,53,55,67H,1-9,11-17,19,23-36,64H2. The zero-order valence-corrected chi connectivity index (χ0v) is 42.9. The predicted octanol–water partition coefficient (Wildman–Crippen LogP) is 12.4. The molecule has 7 fully saturated rings. The van der Waals surface area contributed by atoms with Crippen molar-refractivity contribution in [2.24, 2.45) is 81.7 Å². The van der Waals surface area contributed by atoms with Crippen LogP contribution in [0.3, 0.4) is 0 Å². The Morgan fingerprint density at radius 1 is 0.789 bits per heavy atom. The second-order valence-corrected chi connectivity index (χ2v) is 26.8. The summed E-state index contributed by atoms with van der Waals surface area (Å²) in [5, 5.41) is 13.6. The minimum Gasteiger partial charge on any atom is -0.509 e. The zero-order chi connectivity index (χ0) is 47.4. The van der Waals surface area contributed by atoms with Gasteiger partial charge in [0.15, 0.2) is 11.4 Å². The summed E-state index contributed by atoms with van der Waals surface area (Å²) in [6.45, 7) is 3.90. The van der Waals surface area contributed by atoms with Gasteiger partial charge in [-0.05, 0) is 154 Å². The molecule has 3 spiro atoms. The van der Waals surface area contributed by atoms with Crippen molar-refractivity contribution in [3.63, 3.8) is 0 Å². The monoisotopic (exact) mass is 962 g/mol. The first kappa shape index (κ1) is 45.1. The van der Waals surface area contributed by atoms with Crippen LogP contribution in [0.25, 0.3) is 0 Å². The third-order valence-electron chi connectivity index (χ3n) is 24.0. The Morgan fingerprint density at radius 3 is 2.38 bits per heavy atom. The van der Waals surface area contributed by atoms with Crippen molar-refractivity contribution in [1.82, 2.24) is 9.80 Å². The highest BCUT2D eigenvalue weighted by Gasteiger charge is 2.94. The van der Waals surface area contributed by atoms with Crippen molar-refractivity contribution >= 4 is 11.9 Å². The maximum atomic E-state index is 16.6. The van der Waals surface area contributed by atoms with Crippen LogP contribution < -0.4 is 5.73 Å². The number of esters is 2. The van der Waals surface area contributed by atoms with Crippen molar-refractivity contribution in [1.29, 1.82) is 0 Å². The van der Waals surface area contributed by atoms with Crippen LogP contribution in [-0.2, 0) is 26.3 Å². The van der Waals surface area contributed by atoms with E-state index in [4.69, 9.17) is 15.2 Å². The number of carbonyl (C=O) groups is 2. The van der Waals surface area contributed by atoms with Crippen molar-refractivity contribution in [2.75, 3.05) is 26.2 Å². The van der Waals surface area contributed by atoms with Gasteiger partial charge in [-0.15, -0.1) is 0 Å². The van der Waals surface area contributed by atoms with E-state index in [-0.39, 0.29) is 41.5 Å². The van der Waals surface area contributed by atoms with Gasteiger partial charge >= 0.3 is 11.9 Å². The van der Waals surface area contributed by atoms with Gasteiger partial charge in [-0.3, -0.25) is 9.69 Å². The Hall–Kier alpha value is -3.36. The molecule has 12 bridgehead atoms. The predicted molar refractivity (Wildman–Crippen MR) is 274 cm³/mol. The van der Waals surface area contributed by atoms with E-state index in [1.807, 2.05) is 0 Å². The smallest absolute Gasteiger partial charge is 0.339 e. The first-order valence-corrected chi connectivity index (χ1v) is 30.2. The van der Waals surface area contributed by atoms with Crippen molar-refractivity contribution < 1.29 is 24.2 Å². The van der Waals surface area contributed by atoms with Crippen molar-refractivity contribution in [3.05, 3.63) is 81.0 Å².